The second kappa shape index (κ2) is 7.83. The van der Waals surface area contributed by atoms with E-state index in [0.29, 0.717) is 10.7 Å². The number of hydrogen-bond acceptors (Lipinski definition) is 3. The number of rotatable bonds is 7. The van der Waals surface area contributed by atoms with Crippen LogP contribution in [-0.4, -0.2) is 32.7 Å². The summed E-state index contributed by atoms with van der Waals surface area (Å²) in [6.45, 7) is 5.51. The molecule has 1 rings (SSSR count). The van der Waals surface area contributed by atoms with Gasteiger partial charge in [-0.1, -0.05) is 24.9 Å². The number of carbonyl (C=O) groups excluding carboxylic acids is 1. The van der Waals surface area contributed by atoms with Crippen molar-refractivity contribution in [2.45, 2.75) is 45.7 Å². The largest absolute Gasteiger partial charge is 0.352 e. The Bertz CT molecular complexity index is 602. The first-order valence-corrected chi connectivity index (χ1v) is 9.44. The molecule has 0 saturated carbocycles. The van der Waals surface area contributed by atoms with Crippen molar-refractivity contribution in [1.29, 1.82) is 0 Å². The summed E-state index contributed by atoms with van der Waals surface area (Å²) in [7, 11) is -3.59. The van der Waals surface area contributed by atoms with E-state index in [2.05, 4.69) is 5.32 Å². The Kier molecular flexibility index (Phi) is 6.68. The van der Waals surface area contributed by atoms with Gasteiger partial charge in [-0.3, -0.25) is 9.10 Å². The minimum atomic E-state index is -3.59. The molecule has 0 fully saturated rings. The maximum atomic E-state index is 12.3. The van der Waals surface area contributed by atoms with E-state index in [0.717, 1.165) is 23.4 Å². The van der Waals surface area contributed by atoms with Gasteiger partial charge in [0.2, 0.25) is 15.9 Å². The molecule has 0 heterocycles. The van der Waals surface area contributed by atoms with Crippen LogP contribution in [0.2, 0.25) is 5.02 Å². The first kappa shape index (κ1) is 18.8. The highest BCUT2D eigenvalue weighted by atomic mass is 35.5. The number of nitrogens with one attached hydrogen (secondary N) is 1. The molecule has 7 heteroatoms. The fourth-order valence-corrected chi connectivity index (χ4v) is 3.57. The van der Waals surface area contributed by atoms with E-state index < -0.39 is 16.1 Å². The third kappa shape index (κ3) is 5.18. The molecule has 1 aromatic rings. The van der Waals surface area contributed by atoms with Crippen molar-refractivity contribution in [1.82, 2.24) is 5.32 Å². The van der Waals surface area contributed by atoms with Gasteiger partial charge in [0.25, 0.3) is 0 Å². The molecule has 0 unspecified atom stereocenters. The molecule has 0 aromatic heterocycles. The predicted octanol–water partition coefficient (Wildman–Crippen LogP) is 2.80. The smallest absolute Gasteiger partial charge is 0.243 e. The zero-order chi connectivity index (χ0) is 16.9. The third-order valence-electron chi connectivity index (χ3n) is 3.28. The molecule has 1 aromatic carbocycles. The minimum Gasteiger partial charge on any atom is -0.352 e. The van der Waals surface area contributed by atoms with Crippen molar-refractivity contribution in [3.63, 3.8) is 0 Å². The Balaban J connectivity index is 3.02. The molecule has 0 saturated heterocycles. The highest BCUT2D eigenvalue weighted by Gasteiger charge is 2.29. The summed E-state index contributed by atoms with van der Waals surface area (Å²) in [4.78, 5) is 12.3. The summed E-state index contributed by atoms with van der Waals surface area (Å²) >= 11 is 5.83. The van der Waals surface area contributed by atoms with Crippen LogP contribution in [0.3, 0.4) is 0 Å². The Labute approximate surface area is 137 Å². The third-order valence-corrected chi connectivity index (χ3v) is 4.77. The minimum absolute atomic E-state index is 0.00609. The fraction of sp³-hybridized carbons (Fsp3) is 0.533. The Morgan fingerprint density at radius 2 is 1.82 bits per heavy atom. The lowest BCUT2D eigenvalue weighted by atomic mass is 10.2. The number of sulfonamides is 1. The number of carbonyl (C=O) groups is 1. The van der Waals surface area contributed by atoms with Gasteiger partial charge in [0.15, 0.2) is 0 Å². The van der Waals surface area contributed by atoms with Crippen molar-refractivity contribution >= 4 is 33.2 Å². The Morgan fingerprint density at radius 1 is 1.27 bits per heavy atom. The summed E-state index contributed by atoms with van der Waals surface area (Å²) in [5.41, 5.74) is 0.415. The van der Waals surface area contributed by atoms with Crippen LogP contribution in [0.1, 0.15) is 33.6 Å². The highest BCUT2D eigenvalue weighted by Crippen LogP contribution is 2.23. The van der Waals surface area contributed by atoms with Crippen LogP contribution in [0.25, 0.3) is 0 Å². The average Bonchev–Trinajstić information content (AvgIpc) is 2.39. The van der Waals surface area contributed by atoms with E-state index in [1.165, 1.54) is 0 Å². The van der Waals surface area contributed by atoms with Crippen LogP contribution < -0.4 is 9.62 Å². The van der Waals surface area contributed by atoms with E-state index in [1.807, 2.05) is 13.8 Å². The second-order valence-electron chi connectivity index (χ2n) is 5.41. The molecule has 0 radical (unpaired) electrons. The molecular weight excluding hydrogens is 324 g/mol. The number of hydrogen-bond donors (Lipinski definition) is 1. The average molecular weight is 347 g/mol. The lowest BCUT2D eigenvalue weighted by Gasteiger charge is -2.29. The molecule has 0 aliphatic heterocycles. The van der Waals surface area contributed by atoms with Gasteiger partial charge < -0.3 is 5.32 Å². The topological polar surface area (TPSA) is 66.5 Å². The maximum Gasteiger partial charge on any atom is 0.243 e. The molecule has 0 spiro atoms. The van der Waals surface area contributed by atoms with Gasteiger partial charge in [-0.25, -0.2) is 8.42 Å². The van der Waals surface area contributed by atoms with Gasteiger partial charge in [-0.2, -0.15) is 0 Å². The molecule has 1 amide bonds. The summed E-state index contributed by atoms with van der Waals surface area (Å²) in [5, 5.41) is 3.35. The lowest BCUT2D eigenvalue weighted by Crippen LogP contribution is -2.49. The molecule has 124 valence electrons. The second-order valence-corrected chi connectivity index (χ2v) is 7.71. The van der Waals surface area contributed by atoms with E-state index >= 15 is 0 Å². The monoisotopic (exact) mass is 346 g/mol. The summed E-state index contributed by atoms with van der Waals surface area (Å²) in [6, 6.07) is 5.53. The van der Waals surface area contributed by atoms with Crippen molar-refractivity contribution in [2.24, 2.45) is 0 Å². The van der Waals surface area contributed by atoms with E-state index in [9.17, 15) is 13.2 Å². The maximum absolute atomic E-state index is 12.3. The van der Waals surface area contributed by atoms with E-state index in [-0.39, 0.29) is 11.9 Å². The number of nitrogens with zero attached hydrogens (tertiary/aromatic N) is 1. The SMILES string of the molecule is CCC[C@@H](C)NC(=O)[C@H](C)N(c1ccc(Cl)cc1)S(C)(=O)=O. The summed E-state index contributed by atoms with van der Waals surface area (Å²) in [6.07, 6.45) is 2.88. The van der Waals surface area contributed by atoms with Crippen molar-refractivity contribution in [2.75, 3.05) is 10.6 Å². The molecule has 2 atom stereocenters. The predicted molar refractivity (Wildman–Crippen MR) is 90.7 cm³/mol. The van der Waals surface area contributed by atoms with Gasteiger partial charge in [0.1, 0.15) is 6.04 Å². The van der Waals surface area contributed by atoms with Gasteiger partial charge >= 0.3 is 0 Å². The van der Waals surface area contributed by atoms with E-state index in [1.54, 1.807) is 31.2 Å². The lowest BCUT2D eigenvalue weighted by molar-refractivity contribution is -0.122. The van der Waals surface area contributed by atoms with Crippen LogP contribution in [0.15, 0.2) is 24.3 Å². The highest BCUT2D eigenvalue weighted by molar-refractivity contribution is 7.92. The van der Waals surface area contributed by atoms with Gasteiger partial charge in [-0.15, -0.1) is 0 Å². The normalized spacial score (nSPS) is 14.2. The van der Waals surface area contributed by atoms with Crippen molar-refractivity contribution < 1.29 is 13.2 Å². The summed E-state index contributed by atoms with van der Waals surface area (Å²) in [5.74, 6) is -0.318. The van der Waals surface area contributed by atoms with Gasteiger partial charge in [-0.05, 0) is 44.5 Å². The number of halogens is 1. The molecular formula is C15H23ClN2O3S. The van der Waals surface area contributed by atoms with Crippen LogP contribution in [-0.2, 0) is 14.8 Å². The van der Waals surface area contributed by atoms with Crippen molar-refractivity contribution in [3.8, 4) is 0 Å². The van der Waals surface area contributed by atoms with Crippen molar-refractivity contribution in [3.05, 3.63) is 29.3 Å². The van der Waals surface area contributed by atoms with Gasteiger partial charge in [0, 0.05) is 11.1 Å². The molecule has 0 aliphatic rings. The van der Waals surface area contributed by atoms with E-state index in [4.69, 9.17) is 11.6 Å². The Hall–Kier alpha value is -1.27. The van der Waals surface area contributed by atoms with Crippen LogP contribution in [0.4, 0.5) is 5.69 Å². The number of amides is 1. The molecule has 1 N–H and O–H groups in total. The van der Waals surface area contributed by atoms with Gasteiger partial charge in [0.05, 0.1) is 11.9 Å². The standard InChI is InChI=1S/C15H23ClN2O3S/c1-5-6-11(2)17-15(19)12(3)18(22(4,20)21)14-9-7-13(16)8-10-14/h7-12H,5-6H2,1-4H3,(H,17,19)/t11-,12+/m1/s1. The summed E-state index contributed by atoms with van der Waals surface area (Å²) < 4.78 is 25.3. The van der Waals surface area contributed by atoms with Crippen LogP contribution in [0, 0.1) is 0 Å². The van der Waals surface area contributed by atoms with Crippen LogP contribution >= 0.6 is 11.6 Å². The zero-order valence-corrected chi connectivity index (χ0v) is 14.9. The Morgan fingerprint density at radius 3 is 2.27 bits per heavy atom. The first-order valence-electron chi connectivity index (χ1n) is 7.22. The fourth-order valence-electron chi connectivity index (χ4n) is 2.27. The molecule has 0 bridgehead atoms. The first-order chi connectivity index (χ1) is 10.2. The molecule has 0 aliphatic carbocycles. The molecule has 5 nitrogen and oxygen atoms in total. The quantitative estimate of drug-likeness (QED) is 0.825. The zero-order valence-electron chi connectivity index (χ0n) is 13.3. The number of anilines is 1. The number of benzene rings is 1. The molecule has 22 heavy (non-hydrogen) atoms. The van der Waals surface area contributed by atoms with Crippen LogP contribution in [0.5, 0.6) is 0 Å².